The number of nitrogens with zero attached hydrogens (tertiary/aromatic N) is 1. The zero-order chi connectivity index (χ0) is 10.1. The average molecular weight is 191 g/mol. The Morgan fingerprint density at radius 3 is 2.38 bits per heavy atom. The van der Waals surface area contributed by atoms with E-state index in [-0.39, 0.29) is 11.4 Å². The summed E-state index contributed by atoms with van der Waals surface area (Å²) in [6.07, 6.45) is -3.13. The molecule has 0 amide bonds. The summed E-state index contributed by atoms with van der Waals surface area (Å²) in [5.41, 5.74) is -0.697. The van der Waals surface area contributed by atoms with Crippen LogP contribution in [0.2, 0.25) is 0 Å². The van der Waals surface area contributed by atoms with Crippen molar-refractivity contribution in [2.24, 2.45) is 0 Å². The molecule has 2 nitrogen and oxygen atoms in total. The van der Waals surface area contributed by atoms with Crippen LogP contribution in [0.15, 0.2) is 12.3 Å². The number of ether oxygens (including phenoxy) is 1. The van der Waals surface area contributed by atoms with Gasteiger partial charge in [-0.2, -0.15) is 13.2 Å². The van der Waals surface area contributed by atoms with Crippen LogP contribution in [-0.2, 0) is 6.18 Å². The molecule has 0 spiro atoms. The molecule has 0 aliphatic carbocycles. The highest BCUT2D eigenvalue weighted by Gasteiger charge is 2.36. The molecule has 0 fully saturated rings. The lowest BCUT2D eigenvalue weighted by Gasteiger charge is -2.12. The van der Waals surface area contributed by atoms with Gasteiger partial charge >= 0.3 is 6.18 Å². The third kappa shape index (κ3) is 1.91. The smallest absolute Gasteiger partial charge is 0.421 e. The minimum atomic E-state index is -4.41. The molecule has 1 aromatic rings. The van der Waals surface area contributed by atoms with Gasteiger partial charge in [0.25, 0.3) is 0 Å². The van der Waals surface area contributed by atoms with E-state index < -0.39 is 11.7 Å². The molecule has 1 aromatic heterocycles. The Bertz CT molecular complexity index is 309. The molecule has 13 heavy (non-hydrogen) atoms. The number of hydrogen-bond donors (Lipinski definition) is 0. The molecular formula is C8H8F3NO. The van der Waals surface area contributed by atoms with Crippen LogP contribution < -0.4 is 4.74 Å². The van der Waals surface area contributed by atoms with Crippen molar-refractivity contribution in [3.63, 3.8) is 0 Å². The van der Waals surface area contributed by atoms with E-state index >= 15 is 0 Å². The number of rotatable bonds is 1. The van der Waals surface area contributed by atoms with Gasteiger partial charge in [-0.1, -0.05) is 0 Å². The molecule has 0 radical (unpaired) electrons. The topological polar surface area (TPSA) is 22.1 Å². The highest BCUT2D eigenvalue weighted by Crippen LogP contribution is 2.36. The number of hydrogen-bond acceptors (Lipinski definition) is 2. The molecule has 0 aliphatic heterocycles. The van der Waals surface area contributed by atoms with E-state index in [1.54, 1.807) is 0 Å². The predicted octanol–water partition coefficient (Wildman–Crippen LogP) is 2.42. The van der Waals surface area contributed by atoms with E-state index in [9.17, 15) is 13.2 Å². The van der Waals surface area contributed by atoms with E-state index in [0.29, 0.717) is 0 Å². The van der Waals surface area contributed by atoms with Gasteiger partial charge in [0.15, 0.2) is 0 Å². The van der Waals surface area contributed by atoms with Crippen LogP contribution >= 0.6 is 0 Å². The van der Waals surface area contributed by atoms with Gasteiger partial charge in [-0.25, -0.2) is 4.98 Å². The number of alkyl halides is 3. The molecule has 0 aromatic carbocycles. The number of aryl methyl sites for hydroxylation is 1. The van der Waals surface area contributed by atoms with Crippen molar-refractivity contribution in [1.29, 1.82) is 0 Å². The lowest BCUT2D eigenvalue weighted by atomic mass is 10.1. The first-order chi connectivity index (χ1) is 5.96. The predicted molar refractivity (Wildman–Crippen MR) is 40.5 cm³/mol. The second-order valence-corrected chi connectivity index (χ2v) is 2.51. The highest BCUT2D eigenvalue weighted by atomic mass is 19.4. The first-order valence-corrected chi connectivity index (χ1v) is 3.53. The third-order valence-electron chi connectivity index (χ3n) is 1.60. The molecular weight excluding hydrogens is 183 g/mol. The van der Waals surface area contributed by atoms with E-state index in [4.69, 9.17) is 0 Å². The summed E-state index contributed by atoms with van der Waals surface area (Å²) in [7, 11) is 1.16. The number of methoxy groups -OCH3 is 1. The maximum Gasteiger partial charge on any atom is 0.421 e. The second kappa shape index (κ2) is 3.24. The second-order valence-electron chi connectivity index (χ2n) is 2.51. The van der Waals surface area contributed by atoms with E-state index in [2.05, 4.69) is 9.72 Å². The molecule has 0 atom stereocenters. The molecule has 5 heteroatoms. The monoisotopic (exact) mass is 191 g/mol. The van der Waals surface area contributed by atoms with Crippen molar-refractivity contribution in [2.75, 3.05) is 7.11 Å². The molecule has 0 unspecified atom stereocenters. The molecule has 0 saturated carbocycles. The minimum absolute atomic E-state index is 0.111. The Morgan fingerprint density at radius 1 is 1.38 bits per heavy atom. The van der Waals surface area contributed by atoms with E-state index in [0.717, 1.165) is 7.11 Å². The van der Waals surface area contributed by atoms with Gasteiger partial charge in [0.2, 0.25) is 5.88 Å². The summed E-state index contributed by atoms with van der Waals surface area (Å²) in [6.45, 7) is 1.37. The van der Waals surface area contributed by atoms with Gasteiger partial charge in [-0.3, -0.25) is 0 Å². The SMILES string of the molecule is COc1nccc(C)c1C(F)(F)F. The molecule has 0 aliphatic rings. The van der Waals surface area contributed by atoms with Crippen molar-refractivity contribution in [1.82, 2.24) is 4.98 Å². The quantitative estimate of drug-likeness (QED) is 0.680. The van der Waals surface area contributed by atoms with Crippen molar-refractivity contribution in [2.45, 2.75) is 13.1 Å². The summed E-state index contributed by atoms with van der Waals surface area (Å²) in [5, 5.41) is 0. The minimum Gasteiger partial charge on any atom is -0.481 e. The third-order valence-corrected chi connectivity index (χ3v) is 1.60. The highest BCUT2D eigenvalue weighted by molar-refractivity contribution is 5.35. The molecule has 0 saturated heterocycles. The molecule has 72 valence electrons. The Labute approximate surface area is 73.4 Å². The average Bonchev–Trinajstić information content (AvgIpc) is 2.01. The fraction of sp³-hybridized carbons (Fsp3) is 0.375. The normalized spacial score (nSPS) is 11.5. The summed E-state index contributed by atoms with van der Waals surface area (Å²) < 4.78 is 41.7. The summed E-state index contributed by atoms with van der Waals surface area (Å²) >= 11 is 0. The van der Waals surface area contributed by atoms with E-state index in [1.807, 2.05) is 0 Å². The zero-order valence-corrected chi connectivity index (χ0v) is 7.14. The number of pyridine rings is 1. The van der Waals surface area contributed by atoms with Crippen molar-refractivity contribution < 1.29 is 17.9 Å². The first kappa shape index (κ1) is 9.83. The van der Waals surface area contributed by atoms with Crippen LogP contribution in [0.4, 0.5) is 13.2 Å². The standard InChI is InChI=1S/C8H8F3NO/c1-5-3-4-12-7(13-2)6(5)8(9,10)11/h3-4H,1-2H3. The number of halogens is 3. The van der Waals surface area contributed by atoms with Crippen LogP contribution in [0.5, 0.6) is 5.88 Å². The fourth-order valence-electron chi connectivity index (χ4n) is 1.03. The number of aromatic nitrogens is 1. The lowest BCUT2D eigenvalue weighted by Crippen LogP contribution is -2.10. The fourth-order valence-corrected chi connectivity index (χ4v) is 1.03. The van der Waals surface area contributed by atoms with Crippen molar-refractivity contribution >= 4 is 0 Å². The van der Waals surface area contributed by atoms with Crippen LogP contribution in [0, 0.1) is 6.92 Å². The molecule has 1 heterocycles. The van der Waals surface area contributed by atoms with Crippen molar-refractivity contribution in [3.05, 3.63) is 23.4 Å². The Morgan fingerprint density at radius 2 is 2.00 bits per heavy atom. The van der Waals surface area contributed by atoms with Gasteiger partial charge in [0, 0.05) is 6.20 Å². The lowest BCUT2D eigenvalue weighted by molar-refractivity contribution is -0.139. The van der Waals surface area contributed by atoms with Crippen LogP contribution in [0.25, 0.3) is 0 Å². The summed E-state index contributed by atoms with van der Waals surface area (Å²) in [5.74, 6) is -0.382. The zero-order valence-electron chi connectivity index (χ0n) is 7.14. The summed E-state index contributed by atoms with van der Waals surface area (Å²) in [4.78, 5) is 3.48. The summed E-state index contributed by atoms with van der Waals surface area (Å²) in [6, 6.07) is 1.30. The van der Waals surface area contributed by atoms with Crippen LogP contribution in [-0.4, -0.2) is 12.1 Å². The molecule has 0 bridgehead atoms. The van der Waals surface area contributed by atoms with Crippen LogP contribution in [0.3, 0.4) is 0 Å². The van der Waals surface area contributed by atoms with Gasteiger partial charge in [-0.05, 0) is 18.6 Å². The molecule has 1 rings (SSSR count). The Kier molecular flexibility index (Phi) is 2.45. The maximum absolute atomic E-state index is 12.4. The van der Waals surface area contributed by atoms with Crippen molar-refractivity contribution in [3.8, 4) is 5.88 Å². The van der Waals surface area contributed by atoms with E-state index in [1.165, 1.54) is 19.2 Å². The largest absolute Gasteiger partial charge is 0.481 e. The van der Waals surface area contributed by atoms with Gasteiger partial charge in [0.1, 0.15) is 5.56 Å². The Balaban J connectivity index is 3.32. The first-order valence-electron chi connectivity index (χ1n) is 3.53. The van der Waals surface area contributed by atoms with Gasteiger partial charge in [-0.15, -0.1) is 0 Å². The van der Waals surface area contributed by atoms with Gasteiger partial charge in [0.05, 0.1) is 7.11 Å². The maximum atomic E-state index is 12.4. The van der Waals surface area contributed by atoms with Crippen LogP contribution in [0.1, 0.15) is 11.1 Å². The van der Waals surface area contributed by atoms with Gasteiger partial charge < -0.3 is 4.74 Å². The molecule has 0 N–H and O–H groups in total. The Hall–Kier alpha value is -1.26.